The molecule has 0 aliphatic heterocycles. The van der Waals surface area contributed by atoms with Crippen LogP contribution in [0.2, 0.25) is 0 Å². The van der Waals surface area contributed by atoms with Gasteiger partial charge in [-0.2, -0.15) is 0 Å². The Kier molecular flexibility index (Phi) is 21.0. The monoisotopic (exact) mass is 993 g/mol. The predicted octanol–water partition coefficient (Wildman–Crippen LogP) is 5.96. The van der Waals surface area contributed by atoms with Crippen molar-refractivity contribution >= 4 is 35.8 Å². The first-order chi connectivity index (χ1) is 33.7. The van der Waals surface area contributed by atoms with Crippen molar-refractivity contribution in [1.29, 1.82) is 0 Å². The standard InChI is InChI=1S/C56H76N6O10/c1-35(2)45(61(53(69)71-55(5,6)7)49(65)42(58)32-38-25-17-12-18-26-38)51(67)60(44(34-40-29-21-14-22-30-40)48(64)47(63)41(57)31-37-23-15-11-16-24-37)52(68)46(36(3)4)62(54(70)72-56(8,9)10)50(66)43(59)33-39-27-19-13-20-28-39/h11-30,35-36,41-48,63-64H,31-34,57-59H2,1-10H3/t41-,42-,43-,44-,45-,46-,47-,48-/m0/s1. The number of aliphatic hydroxyl groups is 2. The van der Waals surface area contributed by atoms with Crippen LogP contribution in [0, 0.1) is 11.8 Å². The second kappa shape index (κ2) is 25.9. The molecule has 0 radical (unpaired) electrons. The molecular weight excluding hydrogens is 917 g/mol. The van der Waals surface area contributed by atoms with Crippen LogP contribution in [0.4, 0.5) is 9.59 Å². The summed E-state index contributed by atoms with van der Waals surface area (Å²) in [5.74, 6) is -6.46. The molecule has 0 aliphatic rings. The second-order valence-electron chi connectivity index (χ2n) is 21.0. The quantitative estimate of drug-likeness (QED) is 0.0687. The van der Waals surface area contributed by atoms with E-state index in [-0.39, 0.29) is 25.7 Å². The van der Waals surface area contributed by atoms with Crippen molar-refractivity contribution in [2.45, 2.75) is 155 Å². The van der Waals surface area contributed by atoms with Gasteiger partial charge in [-0.1, -0.05) is 149 Å². The summed E-state index contributed by atoms with van der Waals surface area (Å²) in [6.07, 6.45) is -6.76. The fourth-order valence-electron chi connectivity index (χ4n) is 8.39. The first-order valence-electron chi connectivity index (χ1n) is 24.5. The molecule has 0 heterocycles. The smallest absolute Gasteiger partial charge is 0.417 e. The molecular formula is C56H76N6O10. The molecule has 16 heteroatoms. The maximum absolute atomic E-state index is 16.2. The van der Waals surface area contributed by atoms with Crippen LogP contribution in [0.15, 0.2) is 121 Å². The fraction of sp³-hybridized carbons (Fsp3) is 0.464. The van der Waals surface area contributed by atoms with Crippen molar-refractivity contribution in [3.8, 4) is 0 Å². The third-order valence-corrected chi connectivity index (χ3v) is 11.8. The predicted molar refractivity (Wildman–Crippen MR) is 276 cm³/mol. The van der Waals surface area contributed by atoms with Crippen molar-refractivity contribution in [2.75, 3.05) is 0 Å². The highest BCUT2D eigenvalue weighted by Crippen LogP contribution is 2.29. The van der Waals surface area contributed by atoms with Crippen LogP contribution < -0.4 is 17.2 Å². The summed E-state index contributed by atoms with van der Waals surface area (Å²) in [6.45, 7) is 15.6. The summed E-state index contributed by atoms with van der Waals surface area (Å²) in [4.78, 5) is 93.3. The summed E-state index contributed by atoms with van der Waals surface area (Å²) >= 11 is 0. The van der Waals surface area contributed by atoms with Gasteiger partial charge >= 0.3 is 12.2 Å². The number of carbonyl (C=O) groups is 6. The molecule has 0 saturated heterocycles. The fourth-order valence-corrected chi connectivity index (χ4v) is 8.39. The molecule has 0 aromatic heterocycles. The Labute approximate surface area is 424 Å². The van der Waals surface area contributed by atoms with E-state index >= 15 is 9.59 Å². The Morgan fingerprint density at radius 1 is 0.444 bits per heavy atom. The molecule has 16 nitrogen and oxygen atoms in total. The number of hydrogen-bond donors (Lipinski definition) is 5. The third kappa shape index (κ3) is 16.4. The van der Waals surface area contributed by atoms with Gasteiger partial charge in [0.1, 0.15) is 29.4 Å². The molecule has 8 atom stereocenters. The van der Waals surface area contributed by atoms with E-state index in [1.165, 1.54) is 0 Å². The van der Waals surface area contributed by atoms with Crippen molar-refractivity contribution in [2.24, 2.45) is 29.0 Å². The van der Waals surface area contributed by atoms with Gasteiger partial charge in [0.25, 0.3) is 11.8 Å². The highest BCUT2D eigenvalue weighted by Gasteiger charge is 2.52. The van der Waals surface area contributed by atoms with E-state index < -0.39 is 107 Å². The van der Waals surface area contributed by atoms with Gasteiger partial charge in [-0.3, -0.25) is 24.1 Å². The molecule has 0 saturated carbocycles. The minimum atomic E-state index is -2.03. The van der Waals surface area contributed by atoms with E-state index in [0.29, 0.717) is 31.4 Å². The number of ether oxygens (including phenoxy) is 2. The maximum Gasteiger partial charge on any atom is 0.417 e. The first-order valence-corrected chi connectivity index (χ1v) is 24.5. The number of aliphatic hydroxyl groups excluding tert-OH is 2. The van der Waals surface area contributed by atoms with Gasteiger partial charge in [-0.05, 0) is 101 Å². The van der Waals surface area contributed by atoms with Crippen molar-refractivity contribution in [1.82, 2.24) is 14.7 Å². The summed E-state index contributed by atoms with van der Waals surface area (Å²) < 4.78 is 11.6. The zero-order chi connectivity index (χ0) is 53.7. The third-order valence-electron chi connectivity index (χ3n) is 11.8. The minimum absolute atomic E-state index is 0.0582. The van der Waals surface area contributed by atoms with Crippen LogP contribution in [0.1, 0.15) is 91.5 Å². The average Bonchev–Trinajstić information content (AvgIpc) is 3.30. The lowest BCUT2D eigenvalue weighted by atomic mass is 9.88. The van der Waals surface area contributed by atoms with E-state index in [1.54, 1.807) is 191 Å². The lowest BCUT2D eigenvalue weighted by Crippen LogP contribution is -2.68. The normalized spacial score (nSPS) is 15.2. The molecule has 0 unspecified atom stereocenters. The van der Waals surface area contributed by atoms with Crippen molar-refractivity contribution < 1.29 is 48.5 Å². The summed E-state index contributed by atoms with van der Waals surface area (Å²) in [5, 5.41) is 24.8. The van der Waals surface area contributed by atoms with E-state index in [2.05, 4.69) is 0 Å². The molecule has 6 amide bonds. The van der Waals surface area contributed by atoms with Gasteiger partial charge in [-0.15, -0.1) is 0 Å². The van der Waals surface area contributed by atoms with E-state index in [0.717, 1.165) is 5.56 Å². The topological polar surface area (TPSA) is 249 Å². The Hall–Kier alpha value is -6.30. The first kappa shape index (κ1) is 58.3. The Morgan fingerprint density at radius 3 is 1.03 bits per heavy atom. The van der Waals surface area contributed by atoms with Gasteiger partial charge in [0.15, 0.2) is 0 Å². The number of carbonyl (C=O) groups excluding carboxylic acids is 6. The van der Waals surface area contributed by atoms with Crippen LogP contribution in [0.5, 0.6) is 0 Å². The van der Waals surface area contributed by atoms with Gasteiger partial charge in [0.2, 0.25) is 11.8 Å². The average molecular weight is 993 g/mol. The highest BCUT2D eigenvalue weighted by molar-refractivity contribution is 6.08. The molecule has 4 rings (SSSR count). The van der Waals surface area contributed by atoms with Crippen LogP contribution >= 0.6 is 0 Å². The number of amides is 6. The Balaban J connectivity index is 2.06. The molecule has 4 aromatic rings. The summed E-state index contributed by atoms with van der Waals surface area (Å²) in [6, 6.07) is 25.5. The van der Waals surface area contributed by atoms with Crippen LogP contribution in [-0.2, 0) is 54.3 Å². The molecule has 8 N–H and O–H groups in total. The molecule has 0 bridgehead atoms. The molecule has 0 fully saturated rings. The summed E-state index contributed by atoms with van der Waals surface area (Å²) in [7, 11) is 0. The van der Waals surface area contributed by atoms with E-state index in [4.69, 9.17) is 26.7 Å². The number of nitrogens with zero attached hydrogens (tertiary/aromatic N) is 3. The van der Waals surface area contributed by atoms with Gasteiger partial charge < -0.3 is 36.9 Å². The molecule has 72 heavy (non-hydrogen) atoms. The highest BCUT2D eigenvalue weighted by atomic mass is 16.6. The van der Waals surface area contributed by atoms with Crippen LogP contribution in [0.25, 0.3) is 0 Å². The van der Waals surface area contributed by atoms with Crippen molar-refractivity contribution in [3.05, 3.63) is 144 Å². The SMILES string of the molecule is CC(C)[C@@H](C(=O)N(C(=O)[C@H](C(C)C)N(C(=O)OC(C)(C)C)C(=O)[C@@H](N)Cc1ccccc1)[C@@H](Cc1ccccc1)[C@H](O)[C@@H](O)[C@@H](N)Cc1ccccc1)N(C(=O)OC(C)(C)C)C(=O)[C@@H](N)Cc1ccccc1. The lowest BCUT2D eigenvalue weighted by molar-refractivity contribution is -0.166. The van der Waals surface area contributed by atoms with Crippen molar-refractivity contribution in [3.63, 3.8) is 0 Å². The number of imide groups is 3. The maximum atomic E-state index is 16.2. The zero-order valence-corrected chi connectivity index (χ0v) is 43.4. The second-order valence-corrected chi connectivity index (χ2v) is 21.0. The molecule has 0 aliphatic carbocycles. The van der Waals surface area contributed by atoms with E-state index in [9.17, 15) is 29.4 Å². The number of nitrogens with two attached hydrogens (primary N) is 3. The van der Waals surface area contributed by atoms with Crippen LogP contribution in [-0.4, -0.2) is 120 Å². The zero-order valence-electron chi connectivity index (χ0n) is 43.4. The van der Waals surface area contributed by atoms with Crippen LogP contribution in [0.3, 0.4) is 0 Å². The Morgan fingerprint density at radius 2 is 0.736 bits per heavy atom. The lowest BCUT2D eigenvalue weighted by Gasteiger charge is -2.44. The van der Waals surface area contributed by atoms with E-state index in [1.807, 2.05) is 0 Å². The summed E-state index contributed by atoms with van der Waals surface area (Å²) in [5.41, 5.74) is 20.0. The largest absolute Gasteiger partial charge is 0.443 e. The molecule has 4 aromatic carbocycles. The minimum Gasteiger partial charge on any atom is -0.443 e. The Bertz CT molecular complexity index is 2280. The number of rotatable bonds is 20. The van der Waals surface area contributed by atoms with Gasteiger partial charge in [-0.25, -0.2) is 19.4 Å². The van der Waals surface area contributed by atoms with Gasteiger partial charge in [0, 0.05) is 6.04 Å². The number of hydrogen-bond acceptors (Lipinski definition) is 13. The molecule has 390 valence electrons. The molecule has 0 spiro atoms. The number of benzene rings is 4. The van der Waals surface area contributed by atoms with Gasteiger partial charge in [0.05, 0.1) is 24.2 Å².